The van der Waals surface area contributed by atoms with Crippen molar-refractivity contribution in [3.8, 4) is 0 Å². The monoisotopic (exact) mass is 329 g/mol. The molecule has 0 spiro atoms. The molecule has 6 nitrogen and oxygen atoms in total. The number of unbranched alkanes of at least 4 members (excludes halogenated alkanes) is 3. The number of fused-ring (bicyclic) bond motifs is 1. The van der Waals surface area contributed by atoms with Crippen molar-refractivity contribution in [1.82, 2.24) is 15.8 Å². The lowest BCUT2D eigenvalue weighted by molar-refractivity contribution is -0.137. The number of carbonyl (C=O) groups excluding carboxylic acids is 1. The first-order chi connectivity index (χ1) is 10.6. The molecule has 0 aromatic heterocycles. The van der Waals surface area contributed by atoms with E-state index in [1.165, 1.54) is 12.8 Å². The van der Waals surface area contributed by atoms with E-state index in [1.807, 2.05) is 11.8 Å². The fourth-order valence-corrected chi connectivity index (χ4v) is 4.72. The third-order valence-corrected chi connectivity index (χ3v) is 5.79. The first kappa shape index (κ1) is 17.4. The van der Waals surface area contributed by atoms with Crippen LogP contribution in [0.25, 0.3) is 0 Å². The van der Waals surface area contributed by atoms with Gasteiger partial charge in [-0.3, -0.25) is 9.80 Å². The highest BCUT2D eigenvalue weighted by Gasteiger charge is 2.48. The van der Waals surface area contributed by atoms with Gasteiger partial charge in [0.25, 0.3) is 0 Å². The van der Waals surface area contributed by atoms with E-state index in [4.69, 9.17) is 5.11 Å². The van der Waals surface area contributed by atoms with Gasteiger partial charge >= 0.3 is 12.0 Å². The number of carbonyl (C=O) groups is 2. The van der Waals surface area contributed by atoms with Crippen molar-refractivity contribution in [2.45, 2.75) is 69.2 Å². The van der Waals surface area contributed by atoms with E-state index in [0.717, 1.165) is 38.0 Å². The maximum Gasteiger partial charge on any atom is 0.332 e. The maximum absolute atomic E-state index is 12.1. The first-order valence-electron chi connectivity index (χ1n) is 8.30. The van der Waals surface area contributed by atoms with Crippen LogP contribution >= 0.6 is 11.8 Å². The fraction of sp³-hybridized carbons (Fsp3) is 0.867. The van der Waals surface area contributed by atoms with E-state index in [9.17, 15) is 9.59 Å². The summed E-state index contributed by atoms with van der Waals surface area (Å²) in [7, 11) is 0. The Kier molecular flexibility index (Phi) is 6.82. The normalized spacial score (nSPS) is 27.0. The van der Waals surface area contributed by atoms with Crippen molar-refractivity contribution in [3.63, 3.8) is 0 Å². The van der Waals surface area contributed by atoms with E-state index in [0.29, 0.717) is 5.25 Å². The van der Waals surface area contributed by atoms with E-state index < -0.39 is 5.97 Å². The van der Waals surface area contributed by atoms with Gasteiger partial charge in [-0.05, 0) is 19.3 Å². The average molecular weight is 329 g/mol. The van der Waals surface area contributed by atoms with Gasteiger partial charge in [-0.1, -0.05) is 26.2 Å². The highest BCUT2D eigenvalue weighted by Crippen LogP contribution is 2.36. The predicted octanol–water partition coefficient (Wildman–Crippen LogP) is 2.20. The third kappa shape index (κ3) is 4.52. The summed E-state index contributed by atoms with van der Waals surface area (Å²) in [6.07, 6.45) is 6.25. The summed E-state index contributed by atoms with van der Waals surface area (Å²) >= 11 is 1.90. The number of urea groups is 1. The molecule has 2 heterocycles. The summed E-state index contributed by atoms with van der Waals surface area (Å²) in [6.45, 7) is 3.00. The van der Waals surface area contributed by atoms with Gasteiger partial charge in [0.1, 0.15) is 0 Å². The van der Waals surface area contributed by atoms with Crippen LogP contribution in [0.5, 0.6) is 0 Å². The molecule has 0 aliphatic carbocycles. The first-order valence-corrected chi connectivity index (χ1v) is 9.35. The minimum Gasteiger partial charge on any atom is -0.481 e. The summed E-state index contributed by atoms with van der Waals surface area (Å²) in [5.74, 6) is 0.224. The van der Waals surface area contributed by atoms with Gasteiger partial charge in [0.2, 0.25) is 0 Å². The van der Waals surface area contributed by atoms with Crippen LogP contribution < -0.4 is 10.7 Å². The van der Waals surface area contributed by atoms with Crippen LogP contribution in [-0.4, -0.2) is 51.7 Å². The van der Waals surface area contributed by atoms with Crippen molar-refractivity contribution in [2.24, 2.45) is 0 Å². The SMILES string of the molecule is CCCCCNN1C(=O)N[C@@H]2CS[C@H](CCCCC(=O)O)[C@@H]21. The molecular formula is C15H27N3O3S. The van der Waals surface area contributed by atoms with Crippen molar-refractivity contribution in [3.05, 3.63) is 0 Å². The summed E-state index contributed by atoms with van der Waals surface area (Å²) in [4.78, 5) is 22.6. The number of hydrogen-bond acceptors (Lipinski definition) is 4. The second kappa shape index (κ2) is 8.62. The zero-order valence-corrected chi connectivity index (χ0v) is 14.0. The Hall–Kier alpha value is -0.950. The number of amides is 2. The molecule has 0 unspecified atom stereocenters. The molecule has 0 aromatic carbocycles. The largest absolute Gasteiger partial charge is 0.481 e. The average Bonchev–Trinajstić information content (AvgIpc) is 2.99. The van der Waals surface area contributed by atoms with E-state index in [-0.39, 0.29) is 24.5 Å². The van der Waals surface area contributed by atoms with E-state index >= 15 is 0 Å². The van der Waals surface area contributed by atoms with Crippen molar-refractivity contribution < 1.29 is 14.7 Å². The number of rotatable bonds is 10. The minimum absolute atomic E-state index is 0.0117. The predicted molar refractivity (Wildman–Crippen MR) is 87.8 cm³/mol. The van der Waals surface area contributed by atoms with Gasteiger partial charge in [-0.25, -0.2) is 10.2 Å². The van der Waals surface area contributed by atoms with Crippen molar-refractivity contribution in [2.75, 3.05) is 12.3 Å². The standard InChI is InChI=1S/C15H27N3O3S/c1-2-3-6-9-16-18-14-11(17-15(18)21)10-22-12(14)7-4-5-8-13(19)20/h11-12,14,16H,2-10H2,1H3,(H,17,21)(H,19,20)/t11-,12-,14-/m1/s1. The molecule has 2 aliphatic rings. The van der Waals surface area contributed by atoms with Gasteiger partial charge in [0.15, 0.2) is 0 Å². The highest BCUT2D eigenvalue weighted by atomic mass is 32.2. The van der Waals surface area contributed by atoms with Crippen LogP contribution in [0, 0.1) is 0 Å². The quantitative estimate of drug-likeness (QED) is 0.423. The minimum atomic E-state index is -0.728. The molecule has 2 amide bonds. The van der Waals surface area contributed by atoms with Gasteiger partial charge in [0.05, 0.1) is 12.1 Å². The van der Waals surface area contributed by atoms with Crippen LogP contribution in [0.3, 0.4) is 0 Å². The Bertz CT molecular complexity index is 394. The molecule has 22 heavy (non-hydrogen) atoms. The van der Waals surface area contributed by atoms with Crippen LogP contribution in [0.1, 0.15) is 51.9 Å². The fourth-order valence-electron chi connectivity index (χ4n) is 3.15. The zero-order valence-electron chi connectivity index (χ0n) is 13.2. The molecule has 2 aliphatic heterocycles. The molecule has 2 saturated heterocycles. The maximum atomic E-state index is 12.1. The topological polar surface area (TPSA) is 81.7 Å². The molecule has 126 valence electrons. The molecule has 0 radical (unpaired) electrons. The second-order valence-corrected chi connectivity index (χ2v) is 7.32. The Labute approximate surface area is 136 Å². The number of nitrogens with zero attached hydrogens (tertiary/aromatic N) is 1. The van der Waals surface area contributed by atoms with E-state index in [2.05, 4.69) is 17.7 Å². The molecule has 0 bridgehead atoms. The van der Waals surface area contributed by atoms with Gasteiger partial charge in [0, 0.05) is 24.0 Å². The molecule has 2 fully saturated rings. The van der Waals surface area contributed by atoms with Crippen molar-refractivity contribution in [1.29, 1.82) is 0 Å². The Morgan fingerprint density at radius 3 is 2.95 bits per heavy atom. The molecular weight excluding hydrogens is 302 g/mol. The lowest BCUT2D eigenvalue weighted by Crippen LogP contribution is -2.49. The van der Waals surface area contributed by atoms with Crippen molar-refractivity contribution >= 4 is 23.8 Å². The molecule has 3 atom stereocenters. The van der Waals surface area contributed by atoms with Crippen LogP contribution in [0.4, 0.5) is 4.79 Å². The van der Waals surface area contributed by atoms with Crippen LogP contribution in [0.15, 0.2) is 0 Å². The molecule has 0 saturated carbocycles. The Balaban J connectivity index is 1.80. The molecule has 0 aromatic rings. The number of carboxylic acid groups (broad SMARTS) is 1. The number of aliphatic carboxylic acids is 1. The summed E-state index contributed by atoms with van der Waals surface area (Å²) in [6, 6.07) is 0.409. The lowest BCUT2D eigenvalue weighted by Gasteiger charge is -2.27. The molecule has 3 N–H and O–H groups in total. The number of hydrazine groups is 1. The third-order valence-electron chi connectivity index (χ3n) is 4.30. The summed E-state index contributed by atoms with van der Waals surface area (Å²) < 4.78 is 0. The number of carboxylic acids is 1. The van der Waals surface area contributed by atoms with Crippen LogP contribution in [-0.2, 0) is 4.79 Å². The van der Waals surface area contributed by atoms with E-state index in [1.54, 1.807) is 5.01 Å². The smallest absolute Gasteiger partial charge is 0.332 e. The van der Waals surface area contributed by atoms with Gasteiger partial charge in [-0.2, -0.15) is 11.8 Å². The van der Waals surface area contributed by atoms with Gasteiger partial charge in [-0.15, -0.1) is 0 Å². The summed E-state index contributed by atoms with van der Waals surface area (Å²) in [5, 5.41) is 13.9. The number of hydrogen-bond donors (Lipinski definition) is 3. The highest BCUT2D eigenvalue weighted by molar-refractivity contribution is 8.00. The Morgan fingerprint density at radius 2 is 2.23 bits per heavy atom. The molecule has 2 rings (SSSR count). The lowest BCUT2D eigenvalue weighted by atomic mass is 10.0. The number of thioether (sulfide) groups is 1. The number of nitrogens with one attached hydrogen (secondary N) is 2. The summed E-state index contributed by atoms with van der Waals surface area (Å²) in [5.41, 5.74) is 3.29. The molecule has 7 heteroatoms. The zero-order chi connectivity index (χ0) is 15.9. The van der Waals surface area contributed by atoms with Crippen LogP contribution in [0.2, 0.25) is 0 Å². The van der Waals surface area contributed by atoms with Gasteiger partial charge < -0.3 is 10.4 Å². The Morgan fingerprint density at radius 1 is 1.41 bits per heavy atom. The second-order valence-electron chi connectivity index (χ2n) is 6.04.